The fourth-order valence-electron chi connectivity index (χ4n) is 3.17. The zero-order valence-electron chi connectivity index (χ0n) is 12.8. The fraction of sp³-hybridized carbons (Fsp3) is 0.316. The van der Waals surface area contributed by atoms with Gasteiger partial charge in [0.1, 0.15) is 0 Å². The first kappa shape index (κ1) is 16.2. The molecule has 0 atom stereocenters. The standard InChI is InChI=1S/C19H18Cl2N2/c20-16-6-7-18(19(21)11-16)15(12-22)10-14-8-9-23(13-14)17-4-2-1-3-5-17/h6-11,13,17H,1-5H2/b15-10+. The van der Waals surface area contributed by atoms with E-state index in [9.17, 15) is 5.26 Å². The van der Waals surface area contributed by atoms with E-state index in [1.165, 1.54) is 32.1 Å². The maximum absolute atomic E-state index is 9.47. The molecular weight excluding hydrogens is 327 g/mol. The predicted octanol–water partition coefficient (Wildman–Crippen LogP) is 6.36. The maximum atomic E-state index is 9.47. The van der Waals surface area contributed by atoms with E-state index in [1.54, 1.807) is 18.2 Å². The van der Waals surface area contributed by atoms with E-state index in [2.05, 4.69) is 29.1 Å². The molecule has 2 aromatic rings. The first-order valence-electron chi connectivity index (χ1n) is 7.92. The summed E-state index contributed by atoms with van der Waals surface area (Å²) >= 11 is 12.1. The number of benzene rings is 1. The maximum Gasteiger partial charge on any atom is 0.0998 e. The molecule has 0 unspecified atom stereocenters. The molecule has 2 nitrogen and oxygen atoms in total. The van der Waals surface area contributed by atoms with Crippen LogP contribution in [0.5, 0.6) is 0 Å². The number of nitrogens with zero attached hydrogens (tertiary/aromatic N) is 2. The van der Waals surface area contributed by atoms with E-state index in [4.69, 9.17) is 23.2 Å². The quantitative estimate of drug-likeness (QED) is 0.595. The van der Waals surface area contributed by atoms with Crippen molar-refractivity contribution in [1.29, 1.82) is 5.26 Å². The van der Waals surface area contributed by atoms with Crippen LogP contribution >= 0.6 is 23.2 Å². The highest BCUT2D eigenvalue weighted by atomic mass is 35.5. The van der Waals surface area contributed by atoms with Crippen molar-refractivity contribution in [1.82, 2.24) is 4.57 Å². The molecule has 3 rings (SSSR count). The first-order valence-corrected chi connectivity index (χ1v) is 8.67. The van der Waals surface area contributed by atoms with E-state index in [1.807, 2.05) is 6.08 Å². The Morgan fingerprint density at radius 2 is 1.96 bits per heavy atom. The van der Waals surface area contributed by atoms with Gasteiger partial charge in [-0.1, -0.05) is 48.5 Å². The zero-order chi connectivity index (χ0) is 16.2. The highest BCUT2D eigenvalue weighted by Gasteiger charge is 2.15. The van der Waals surface area contributed by atoms with Crippen LogP contribution in [-0.2, 0) is 0 Å². The summed E-state index contributed by atoms with van der Waals surface area (Å²) in [5, 5.41) is 10.5. The van der Waals surface area contributed by atoms with Gasteiger partial charge in [-0.15, -0.1) is 0 Å². The van der Waals surface area contributed by atoms with Crippen molar-refractivity contribution in [2.24, 2.45) is 0 Å². The van der Waals surface area contributed by atoms with Crippen LogP contribution in [0.3, 0.4) is 0 Å². The molecular formula is C19H18Cl2N2. The van der Waals surface area contributed by atoms with Crippen LogP contribution in [0, 0.1) is 11.3 Å². The van der Waals surface area contributed by atoms with Crippen molar-refractivity contribution in [3.8, 4) is 6.07 Å². The smallest absolute Gasteiger partial charge is 0.0998 e. The van der Waals surface area contributed by atoms with Gasteiger partial charge in [0, 0.05) is 29.0 Å². The summed E-state index contributed by atoms with van der Waals surface area (Å²) in [6.45, 7) is 0. The van der Waals surface area contributed by atoms with Gasteiger partial charge in [-0.05, 0) is 42.7 Å². The minimum absolute atomic E-state index is 0.497. The third-order valence-electron chi connectivity index (χ3n) is 4.39. The van der Waals surface area contributed by atoms with Crippen molar-refractivity contribution in [3.63, 3.8) is 0 Å². The Labute approximate surface area is 146 Å². The number of aromatic nitrogens is 1. The van der Waals surface area contributed by atoms with Crippen LogP contribution in [0.4, 0.5) is 0 Å². The average Bonchev–Trinajstić information content (AvgIpc) is 3.03. The Balaban J connectivity index is 1.87. The molecule has 0 amide bonds. The largest absolute Gasteiger partial charge is 0.351 e. The highest BCUT2D eigenvalue weighted by Crippen LogP contribution is 2.30. The summed E-state index contributed by atoms with van der Waals surface area (Å²) < 4.78 is 2.28. The van der Waals surface area contributed by atoms with Crippen molar-refractivity contribution >= 4 is 34.9 Å². The van der Waals surface area contributed by atoms with Crippen LogP contribution in [0.15, 0.2) is 36.7 Å². The van der Waals surface area contributed by atoms with Gasteiger partial charge in [0.15, 0.2) is 0 Å². The van der Waals surface area contributed by atoms with Crippen LogP contribution in [0.2, 0.25) is 10.0 Å². The van der Waals surface area contributed by atoms with Gasteiger partial charge in [0.2, 0.25) is 0 Å². The lowest BCUT2D eigenvalue weighted by atomic mass is 9.95. The minimum Gasteiger partial charge on any atom is -0.351 e. The minimum atomic E-state index is 0.497. The van der Waals surface area contributed by atoms with Gasteiger partial charge in [0.25, 0.3) is 0 Å². The molecule has 0 saturated heterocycles. The Morgan fingerprint density at radius 1 is 1.17 bits per heavy atom. The predicted molar refractivity (Wildman–Crippen MR) is 96.5 cm³/mol. The molecule has 0 aliphatic heterocycles. The molecule has 1 saturated carbocycles. The lowest BCUT2D eigenvalue weighted by Crippen LogP contribution is -2.10. The third kappa shape index (κ3) is 3.80. The van der Waals surface area contributed by atoms with Crippen molar-refractivity contribution in [3.05, 3.63) is 57.8 Å². The Morgan fingerprint density at radius 3 is 2.65 bits per heavy atom. The van der Waals surface area contributed by atoms with E-state index in [-0.39, 0.29) is 0 Å². The monoisotopic (exact) mass is 344 g/mol. The zero-order valence-corrected chi connectivity index (χ0v) is 14.3. The van der Waals surface area contributed by atoms with Crippen molar-refractivity contribution < 1.29 is 0 Å². The van der Waals surface area contributed by atoms with Gasteiger partial charge in [-0.3, -0.25) is 0 Å². The second-order valence-electron chi connectivity index (χ2n) is 5.98. The molecule has 1 aliphatic rings. The van der Waals surface area contributed by atoms with Crippen LogP contribution in [0.1, 0.15) is 49.3 Å². The Hall–Kier alpha value is -1.69. The lowest BCUT2D eigenvalue weighted by Gasteiger charge is -2.23. The fourth-order valence-corrected chi connectivity index (χ4v) is 3.68. The number of rotatable bonds is 3. The molecule has 23 heavy (non-hydrogen) atoms. The summed E-state index contributed by atoms with van der Waals surface area (Å²) in [6.07, 6.45) is 12.6. The second kappa shape index (κ2) is 7.25. The van der Waals surface area contributed by atoms with E-state index < -0.39 is 0 Å². The highest BCUT2D eigenvalue weighted by molar-refractivity contribution is 6.36. The van der Waals surface area contributed by atoms with Gasteiger partial charge >= 0.3 is 0 Å². The summed E-state index contributed by atoms with van der Waals surface area (Å²) in [7, 11) is 0. The van der Waals surface area contributed by atoms with Crippen LogP contribution in [0.25, 0.3) is 11.6 Å². The number of allylic oxidation sites excluding steroid dienone is 1. The average molecular weight is 345 g/mol. The number of hydrogen-bond acceptors (Lipinski definition) is 1. The summed E-state index contributed by atoms with van der Waals surface area (Å²) in [5.41, 5.74) is 2.29. The van der Waals surface area contributed by atoms with Crippen molar-refractivity contribution in [2.45, 2.75) is 38.1 Å². The molecule has 4 heteroatoms. The molecule has 1 heterocycles. The molecule has 0 radical (unpaired) electrons. The first-order chi connectivity index (χ1) is 11.2. The van der Waals surface area contributed by atoms with Crippen molar-refractivity contribution in [2.75, 3.05) is 0 Å². The number of halogens is 2. The second-order valence-corrected chi connectivity index (χ2v) is 6.82. The Kier molecular flexibility index (Phi) is 5.10. The molecule has 118 valence electrons. The van der Waals surface area contributed by atoms with Crippen LogP contribution < -0.4 is 0 Å². The summed E-state index contributed by atoms with van der Waals surface area (Å²) in [4.78, 5) is 0. The Bertz CT molecular complexity index is 762. The third-order valence-corrected chi connectivity index (χ3v) is 4.93. The van der Waals surface area contributed by atoms with E-state index in [0.29, 0.717) is 27.2 Å². The normalized spacial score (nSPS) is 16.3. The summed E-state index contributed by atoms with van der Waals surface area (Å²) in [6, 6.07) is 10.1. The molecule has 0 spiro atoms. The van der Waals surface area contributed by atoms with Gasteiger partial charge < -0.3 is 4.57 Å². The molecule has 1 fully saturated rings. The number of hydrogen-bond donors (Lipinski definition) is 0. The van der Waals surface area contributed by atoms with Gasteiger partial charge in [-0.2, -0.15) is 5.26 Å². The lowest BCUT2D eigenvalue weighted by molar-refractivity contribution is 0.354. The topological polar surface area (TPSA) is 28.7 Å². The summed E-state index contributed by atoms with van der Waals surface area (Å²) in [5.74, 6) is 0. The molecule has 0 N–H and O–H groups in total. The molecule has 1 aromatic carbocycles. The number of nitriles is 1. The van der Waals surface area contributed by atoms with Gasteiger partial charge in [0.05, 0.1) is 16.7 Å². The molecule has 1 aliphatic carbocycles. The van der Waals surface area contributed by atoms with Gasteiger partial charge in [-0.25, -0.2) is 0 Å². The van der Waals surface area contributed by atoms with E-state index in [0.717, 1.165) is 5.56 Å². The molecule has 0 bridgehead atoms. The van der Waals surface area contributed by atoms with E-state index >= 15 is 0 Å². The molecule has 1 aromatic heterocycles. The SMILES string of the molecule is N#C/C(=C\c1ccn(C2CCCCC2)c1)c1ccc(Cl)cc1Cl. The van der Waals surface area contributed by atoms with Crippen LogP contribution in [-0.4, -0.2) is 4.57 Å².